The molecule has 2 N–H and O–H groups in total. The monoisotopic (exact) mass is 311 g/mol. The van der Waals surface area contributed by atoms with E-state index in [1.165, 1.54) is 11.3 Å². The molecule has 3 nitrogen and oxygen atoms in total. The Morgan fingerprint density at radius 1 is 1.44 bits per heavy atom. The molecule has 0 radical (unpaired) electrons. The summed E-state index contributed by atoms with van der Waals surface area (Å²) in [5.41, 5.74) is 2.46. The zero-order valence-corrected chi connectivity index (χ0v) is 11.8. The van der Waals surface area contributed by atoms with Gasteiger partial charge in [-0.25, -0.2) is 0 Å². The van der Waals surface area contributed by atoms with Gasteiger partial charge in [0.1, 0.15) is 0 Å². The second kappa shape index (κ2) is 5.19. The van der Waals surface area contributed by atoms with Crippen molar-refractivity contribution in [1.82, 2.24) is 0 Å². The van der Waals surface area contributed by atoms with Crippen molar-refractivity contribution < 1.29 is 9.84 Å². The molecule has 1 saturated heterocycles. The van der Waals surface area contributed by atoms with E-state index in [1.807, 2.05) is 0 Å². The maximum atomic E-state index is 9.00. The molecule has 0 aliphatic carbocycles. The molecular weight excluding hydrogens is 294 g/mol. The lowest BCUT2D eigenvalue weighted by Crippen LogP contribution is -2.36. The standard InChI is InChI=1S/C14H18BrNO2/c15-9-3-4-13-11(8-9)14-10(5-7-18-14)12(16-13)2-1-6-17/h3-4,8,10,12,14,16-17H,1-2,5-7H2/t10-,12-,14-/m1/s1. The van der Waals surface area contributed by atoms with Crippen molar-refractivity contribution in [2.45, 2.75) is 31.4 Å². The number of fused-ring (bicyclic) bond motifs is 3. The summed E-state index contributed by atoms with van der Waals surface area (Å²) in [5.74, 6) is 0.540. The molecule has 3 atom stereocenters. The van der Waals surface area contributed by atoms with Gasteiger partial charge in [-0.3, -0.25) is 0 Å². The van der Waals surface area contributed by atoms with Crippen molar-refractivity contribution in [2.24, 2.45) is 5.92 Å². The van der Waals surface area contributed by atoms with E-state index < -0.39 is 0 Å². The Hall–Kier alpha value is -0.580. The number of anilines is 1. The third-order valence-electron chi connectivity index (χ3n) is 3.99. The molecule has 0 bridgehead atoms. The van der Waals surface area contributed by atoms with E-state index in [0.29, 0.717) is 12.0 Å². The van der Waals surface area contributed by atoms with Crippen LogP contribution in [0.3, 0.4) is 0 Å². The van der Waals surface area contributed by atoms with Gasteiger partial charge in [-0.15, -0.1) is 0 Å². The van der Waals surface area contributed by atoms with Gasteiger partial charge in [0, 0.05) is 40.9 Å². The minimum absolute atomic E-state index is 0.224. The van der Waals surface area contributed by atoms with Gasteiger partial charge in [-0.2, -0.15) is 0 Å². The number of hydrogen-bond donors (Lipinski definition) is 2. The lowest BCUT2D eigenvalue weighted by atomic mass is 9.82. The number of halogens is 1. The summed E-state index contributed by atoms with van der Waals surface area (Å²) in [4.78, 5) is 0. The van der Waals surface area contributed by atoms with E-state index in [-0.39, 0.29) is 12.7 Å². The van der Waals surface area contributed by atoms with E-state index in [2.05, 4.69) is 39.4 Å². The SMILES string of the molecule is OCCC[C@H]1Nc2ccc(Br)cc2[C@@H]2OCC[C@H]12. The molecular formula is C14H18BrNO2. The molecule has 0 aromatic heterocycles. The average Bonchev–Trinajstić information content (AvgIpc) is 2.86. The van der Waals surface area contributed by atoms with Crippen molar-refractivity contribution in [3.05, 3.63) is 28.2 Å². The Morgan fingerprint density at radius 2 is 2.33 bits per heavy atom. The Morgan fingerprint density at radius 3 is 3.17 bits per heavy atom. The van der Waals surface area contributed by atoms with E-state index >= 15 is 0 Å². The first-order chi connectivity index (χ1) is 8.79. The summed E-state index contributed by atoms with van der Waals surface area (Å²) >= 11 is 3.53. The van der Waals surface area contributed by atoms with Crippen LogP contribution in [0.1, 0.15) is 30.9 Å². The summed E-state index contributed by atoms with van der Waals surface area (Å²) in [6, 6.07) is 6.76. The largest absolute Gasteiger partial charge is 0.396 e. The Bertz CT molecular complexity index is 438. The zero-order valence-electron chi connectivity index (χ0n) is 10.2. The second-order valence-electron chi connectivity index (χ2n) is 5.09. The maximum absolute atomic E-state index is 9.00. The van der Waals surface area contributed by atoms with E-state index in [0.717, 1.165) is 30.3 Å². The van der Waals surface area contributed by atoms with Gasteiger partial charge in [-0.1, -0.05) is 15.9 Å². The van der Waals surface area contributed by atoms with Gasteiger partial charge in [0.15, 0.2) is 0 Å². The summed E-state index contributed by atoms with van der Waals surface area (Å²) < 4.78 is 7.03. The first kappa shape index (κ1) is 12.5. The number of aliphatic hydroxyl groups excluding tert-OH is 1. The van der Waals surface area contributed by atoms with Crippen molar-refractivity contribution in [3.63, 3.8) is 0 Å². The molecule has 0 spiro atoms. The highest BCUT2D eigenvalue weighted by atomic mass is 79.9. The van der Waals surface area contributed by atoms with Crippen LogP contribution in [-0.4, -0.2) is 24.4 Å². The van der Waals surface area contributed by atoms with E-state index in [9.17, 15) is 0 Å². The van der Waals surface area contributed by atoms with Gasteiger partial charge >= 0.3 is 0 Å². The summed E-state index contributed by atoms with van der Waals surface area (Å²) in [5, 5.41) is 12.6. The molecule has 98 valence electrons. The molecule has 0 saturated carbocycles. The van der Waals surface area contributed by atoms with Gasteiger partial charge in [0.05, 0.1) is 6.10 Å². The number of hydrogen-bond acceptors (Lipinski definition) is 3. The van der Waals surface area contributed by atoms with Crippen LogP contribution in [-0.2, 0) is 4.74 Å². The lowest BCUT2D eigenvalue weighted by Gasteiger charge is -2.36. The predicted octanol–water partition coefficient (Wildman–Crippen LogP) is 3.09. The normalized spacial score (nSPS) is 29.6. The lowest BCUT2D eigenvalue weighted by molar-refractivity contribution is 0.0813. The van der Waals surface area contributed by atoms with Crippen LogP contribution in [0.2, 0.25) is 0 Å². The second-order valence-corrected chi connectivity index (χ2v) is 6.01. The molecule has 1 aromatic carbocycles. The van der Waals surface area contributed by atoms with Crippen molar-refractivity contribution in [2.75, 3.05) is 18.5 Å². The average molecular weight is 312 g/mol. The number of aliphatic hydroxyl groups is 1. The molecule has 18 heavy (non-hydrogen) atoms. The van der Waals surface area contributed by atoms with Crippen LogP contribution in [0.4, 0.5) is 5.69 Å². The maximum Gasteiger partial charge on any atom is 0.0893 e. The summed E-state index contributed by atoms with van der Waals surface area (Å²) in [6.45, 7) is 1.11. The molecule has 1 fully saturated rings. The zero-order chi connectivity index (χ0) is 12.5. The topological polar surface area (TPSA) is 41.5 Å². The fraction of sp³-hybridized carbons (Fsp3) is 0.571. The first-order valence-electron chi connectivity index (χ1n) is 6.58. The predicted molar refractivity (Wildman–Crippen MR) is 74.7 cm³/mol. The highest BCUT2D eigenvalue weighted by molar-refractivity contribution is 9.10. The number of ether oxygens (including phenoxy) is 1. The third kappa shape index (κ3) is 2.17. The summed E-state index contributed by atoms with van der Waals surface area (Å²) in [7, 11) is 0. The molecule has 0 amide bonds. The van der Waals surface area contributed by atoms with Crippen LogP contribution < -0.4 is 5.32 Å². The fourth-order valence-electron chi connectivity index (χ4n) is 3.14. The van der Waals surface area contributed by atoms with E-state index in [4.69, 9.17) is 9.84 Å². The van der Waals surface area contributed by atoms with Crippen molar-refractivity contribution >= 4 is 21.6 Å². The number of nitrogens with one attached hydrogen (secondary N) is 1. The highest BCUT2D eigenvalue weighted by Gasteiger charge is 2.40. The van der Waals surface area contributed by atoms with Gasteiger partial charge in [0.25, 0.3) is 0 Å². The van der Waals surface area contributed by atoms with E-state index in [1.54, 1.807) is 0 Å². The van der Waals surface area contributed by atoms with Crippen LogP contribution in [0, 0.1) is 5.92 Å². The minimum Gasteiger partial charge on any atom is -0.396 e. The quantitative estimate of drug-likeness (QED) is 0.901. The minimum atomic E-state index is 0.224. The number of benzene rings is 1. The molecule has 4 heteroatoms. The Labute approximate surface area is 116 Å². The first-order valence-corrected chi connectivity index (χ1v) is 7.37. The summed E-state index contributed by atoms with van der Waals surface area (Å²) in [6.07, 6.45) is 3.20. The van der Waals surface area contributed by atoms with Crippen LogP contribution in [0.5, 0.6) is 0 Å². The van der Waals surface area contributed by atoms with Gasteiger partial charge in [0.2, 0.25) is 0 Å². The molecule has 2 heterocycles. The van der Waals surface area contributed by atoms with Gasteiger partial charge in [-0.05, 0) is 37.5 Å². The smallest absolute Gasteiger partial charge is 0.0893 e. The Kier molecular flexibility index (Phi) is 3.59. The van der Waals surface area contributed by atoms with Crippen molar-refractivity contribution in [1.29, 1.82) is 0 Å². The van der Waals surface area contributed by atoms with Gasteiger partial charge < -0.3 is 15.2 Å². The third-order valence-corrected chi connectivity index (χ3v) is 4.48. The van der Waals surface area contributed by atoms with Crippen molar-refractivity contribution in [3.8, 4) is 0 Å². The molecule has 2 aliphatic rings. The number of rotatable bonds is 3. The van der Waals surface area contributed by atoms with Crippen LogP contribution in [0.15, 0.2) is 22.7 Å². The molecule has 3 rings (SSSR count). The fourth-order valence-corrected chi connectivity index (χ4v) is 3.52. The highest BCUT2D eigenvalue weighted by Crippen LogP contribution is 2.46. The molecule has 0 unspecified atom stereocenters. The molecule has 1 aromatic rings. The molecule has 2 aliphatic heterocycles. The Balaban J connectivity index is 1.89. The van der Waals surface area contributed by atoms with Crippen LogP contribution in [0.25, 0.3) is 0 Å². The van der Waals surface area contributed by atoms with Crippen LogP contribution >= 0.6 is 15.9 Å².